The quantitative estimate of drug-likeness (QED) is 0.458. The Balaban J connectivity index is 2.12. The number of pyridine rings is 1. The largest absolute Gasteiger partial charge is 0.347 e. The molecule has 0 atom stereocenters. The van der Waals surface area contributed by atoms with Crippen LogP contribution in [-0.4, -0.2) is 46.9 Å². The number of nitro groups is 1. The molecule has 1 aliphatic heterocycles. The molecule has 0 aromatic carbocycles. The summed E-state index contributed by atoms with van der Waals surface area (Å²) in [5.74, 6) is 0.244. The molecule has 100 valence electrons. The summed E-state index contributed by atoms with van der Waals surface area (Å²) < 4.78 is 0. The fraction of sp³-hybridized carbons (Fsp3) is 0.333. The van der Waals surface area contributed by atoms with Crippen molar-refractivity contribution in [3.05, 3.63) is 41.1 Å². The second-order valence-electron chi connectivity index (χ2n) is 4.12. The summed E-state index contributed by atoms with van der Waals surface area (Å²) in [6.45, 7) is 5.52. The standard InChI is InChI=1S/C12H14N4O3/c1-2-11(17)14-6-8-15(9-7-14)12-10(16(18)19)4-3-5-13-12/h2-5H,1,6-9H2. The van der Waals surface area contributed by atoms with Crippen LogP contribution in [0.1, 0.15) is 0 Å². The molecule has 1 amide bonds. The van der Waals surface area contributed by atoms with Gasteiger partial charge in [0.15, 0.2) is 0 Å². The van der Waals surface area contributed by atoms with Gasteiger partial charge in [0.2, 0.25) is 11.7 Å². The molecule has 1 fully saturated rings. The Hall–Kier alpha value is -2.44. The molecule has 7 heteroatoms. The van der Waals surface area contributed by atoms with Crippen LogP contribution in [0.4, 0.5) is 11.5 Å². The van der Waals surface area contributed by atoms with E-state index in [4.69, 9.17) is 0 Å². The van der Waals surface area contributed by atoms with Crippen LogP contribution in [-0.2, 0) is 4.79 Å². The third-order valence-electron chi connectivity index (χ3n) is 3.03. The Bertz CT molecular complexity index is 509. The van der Waals surface area contributed by atoms with E-state index in [1.807, 2.05) is 4.90 Å². The minimum atomic E-state index is -0.441. The van der Waals surface area contributed by atoms with Gasteiger partial charge in [-0.15, -0.1) is 0 Å². The zero-order valence-electron chi connectivity index (χ0n) is 10.4. The molecule has 1 saturated heterocycles. The first-order valence-corrected chi connectivity index (χ1v) is 5.89. The maximum Gasteiger partial charge on any atom is 0.311 e. The second-order valence-corrected chi connectivity index (χ2v) is 4.12. The van der Waals surface area contributed by atoms with E-state index in [2.05, 4.69) is 11.6 Å². The van der Waals surface area contributed by atoms with E-state index in [1.54, 1.807) is 11.0 Å². The van der Waals surface area contributed by atoms with Crippen molar-refractivity contribution in [1.29, 1.82) is 0 Å². The molecule has 0 unspecified atom stereocenters. The summed E-state index contributed by atoms with van der Waals surface area (Å²) in [4.78, 5) is 29.5. The number of hydrogen-bond acceptors (Lipinski definition) is 5. The number of nitrogens with zero attached hydrogens (tertiary/aromatic N) is 4. The minimum absolute atomic E-state index is 0.00834. The molecule has 0 aliphatic carbocycles. The smallest absolute Gasteiger partial charge is 0.311 e. The Labute approximate surface area is 110 Å². The van der Waals surface area contributed by atoms with Gasteiger partial charge in [-0.05, 0) is 12.1 Å². The highest BCUT2D eigenvalue weighted by molar-refractivity contribution is 5.87. The van der Waals surface area contributed by atoms with Gasteiger partial charge in [-0.3, -0.25) is 14.9 Å². The molecule has 2 rings (SSSR count). The monoisotopic (exact) mass is 262 g/mol. The molecule has 0 saturated carbocycles. The molecule has 1 aromatic rings. The first kappa shape index (κ1) is 13.0. The van der Waals surface area contributed by atoms with E-state index in [-0.39, 0.29) is 11.6 Å². The third kappa shape index (κ3) is 2.70. The lowest BCUT2D eigenvalue weighted by atomic mass is 10.2. The molecular formula is C12H14N4O3. The Morgan fingerprint density at radius 3 is 2.68 bits per heavy atom. The highest BCUT2D eigenvalue weighted by Gasteiger charge is 2.25. The molecule has 1 aliphatic rings. The molecule has 19 heavy (non-hydrogen) atoms. The summed E-state index contributed by atoms with van der Waals surface area (Å²) >= 11 is 0. The van der Waals surface area contributed by atoms with Crippen LogP contribution in [0.2, 0.25) is 0 Å². The number of piperazine rings is 1. The minimum Gasteiger partial charge on any atom is -0.347 e. The summed E-state index contributed by atoms with van der Waals surface area (Å²) in [6, 6.07) is 2.97. The zero-order valence-corrected chi connectivity index (χ0v) is 10.4. The van der Waals surface area contributed by atoms with Crippen molar-refractivity contribution in [3.63, 3.8) is 0 Å². The molecule has 0 bridgehead atoms. The topological polar surface area (TPSA) is 79.6 Å². The Morgan fingerprint density at radius 1 is 1.42 bits per heavy atom. The van der Waals surface area contributed by atoms with Crippen molar-refractivity contribution >= 4 is 17.4 Å². The van der Waals surface area contributed by atoms with Crippen LogP contribution < -0.4 is 4.90 Å². The van der Waals surface area contributed by atoms with Crippen LogP contribution in [0.5, 0.6) is 0 Å². The van der Waals surface area contributed by atoms with Gasteiger partial charge in [-0.1, -0.05) is 6.58 Å². The second kappa shape index (κ2) is 5.47. The van der Waals surface area contributed by atoms with E-state index < -0.39 is 4.92 Å². The lowest BCUT2D eigenvalue weighted by molar-refractivity contribution is -0.384. The Morgan fingerprint density at radius 2 is 2.11 bits per heavy atom. The van der Waals surface area contributed by atoms with Crippen LogP contribution in [0.15, 0.2) is 31.0 Å². The maximum absolute atomic E-state index is 11.5. The van der Waals surface area contributed by atoms with Gasteiger partial charge in [0.25, 0.3) is 0 Å². The first-order chi connectivity index (χ1) is 9.13. The molecular weight excluding hydrogens is 248 g/mol. The number of rotatable bonds is 3. The fourth-order valence-corrected chi connectivity index (χ4v) is 2.04. The predicted molar refractivity (Wildman–Crippen MR) is 69.9 cm³/mol. The van der Waals surface area contributed by atoms with E-state index in [0.29, 0.717) is 32.0 Å². The molecule has 0 spiro atoms. The van der Waals surface area contributed by atoms with Gasteiger partial charge < -0.3 is 9.80 Å². The Kier molecular flexibility index (Phi) is 3.74. The van der Waals surface area contributed by atoms with E-state index in [0.717, 1.165) is 0 Å². The van der Waals surface area contributed by atoms with Gasteiger partial charge >= 0.3 is 5.69 Å². The van der Waals surface area contributed by atoms with Crippen LogP contribution in [0, 0.1) is 10.1 Å². The van der Waals surface area contributed by atoms with Crippen LogP contribution >= 0.6 is 0 Å². The van der Waals surface area contributed by atoms with E-state index in [9.17, 15) is 14.9 Å². The highest BCUT2D eigenvalue weighted by atomic mass is 16.6. The molecule has 0 radical (unpaired) electrons. The lowest BCUT2D eigenvalue weighted by Gasteiger charge is -2.34. The van der Waals surface area contributed by atoms with Gasteiger partial charge in [0.05, 0.1) is 4.92 Å². The average molecular weight is 262 g/mol. The van der Waals surface area contributed by atoms with E-state index >= 15 is 0 Å². The third-order valence-corrected chi connectivity index (χ3v) is 3.03. The lowest BCUT2D eigenvalue weighted by Crippen LogP contribution is -2.48. The number of aromatic nitrogens is 1. The normalized spacial score (nSPS) is 15.2. The van der Waals surface area contributed by atoms with Crippen molar-refractivity contribution < 1.29 is 9.72 Å². The van der Waals surface area contributed by atoms with Crippen molar-refractivity contribution in [2.24, 2.45) is 0 Å². The number of anilines is 1. The number of hydrogen-bond donors (Lipinski definition) is 0. The molecule has 7 nitrogen and oxygen atoms in total. The van der Waals surface area contributed by atoms with Gasteiger partial charge in [0, 0.05) is 38.4 Å². The van der Waals surface area contributed by atoms with Crippen molar-refractivity contribution in [2.75, 3.05) is 31.1 Å². The first-order valence-electron chi connectivity index (χ1n) is 5.89. The summed E-state index contributed by atoms with van der Waals surface area (Å²) in [7, 11) is 0. The van der Waals surface area contributed by atoms with Crippen LogP contribution in [0.3, 0.4) is 0 Å². The van der Waals surface area contributed by atoms with Crippen molar-refractivity contribution in [2.45, 2.75) is 0 Å². The number of carbonyl (C=O) groups excluding carboxylic acids is 1. The van der Waals surface area contributed by atoms with Crippen LogP contribution in [0.25, 0.3) is 0 Å². The zero-order chi connectivity index (χ0) is 13.8. The number of carbonyl (C=O) groups is 1. The van der Waals surface area contributed by atoms with Gasteiger partial charge in [-0.25, -0.2) is 4.98 Å². The fourth-order valence-electron chi connectivity index (χ4n) is 2.04. The molecule has 2 heterocycles. The van der Waals surface area contributed by atoms with Gasteiger partial charge in [0.1, 0.15) is 0 Å². The van der Waals surface area contributed by atoms with Crippen molar-refractivity contribution in [3.8, 4) is 0 Å². The molecule has 1 aromatic heterocycles. The SMILES string of the molecule is C=CC(=O)N1CCN(c2ncccc2[N+](=O)[O-])CC1. The summed E-state index contributed by atoms with van der Waals surface area (Å²) in [6.07, 6.45) is 2.81. The summed E-state index contributed by atoms with van der Waals surface area (Å²) in [5, 5.41) is 10.9. The van der Waals surface area contributed by atoms with Crippen molar-refractivity contribution in [1.82, 2.24) is 9.88 Å². The maximum atomic E-state index is 11.5. The summed E-state index contributed by atoms with van der Waals surface area (Å²) in [5.41, 5.74) is -0.00834. The average Bonchev–Trinajstić information content (AvgIpc) is 2.46. The highest BCUT2D eigenvalue weighted by Crippen LogP contribution is 2.25. The number of amides is 1. The predicted octanol–water partition coefficient (Wildman–Crippen LogP) is 0.824. The van der Waals surface area contributed by atoms with E-state index in [1.165, 1.54) is 18.3 Å². The molecule has 0 N–H and O–H groups in total. The van der Waals surface area contributed by atoms with Gasteiger partial charge in [-0.2, -0.15) is 0 Å².